The van der Waals surface area contributed by atoms with Crippen molar-refractivity contribution in [2.75, 3.05) is 26.0 Å². The van der Waals surface area contributed by atoms with Crippen molar-refractivity contribution in [3.8, 4) is 5.75 Å². The van der Waals surface area contributed by atoms with E-state index in [9.17, 15) is 13.2 Å². The Balaban J connectivity index is 1.77. The summed E-state index contributed by atoms with van der Waals surface area (Å²) in [5, 5.41) is 8.13. The third-order valence-corrected chi connectivity index (χ3v) is 5.95. The number of carbonyl (C=O) groups is 1. The molecule has 172 valence electrons. The molecule has 0 atom stereocenters. The Morgan fingerprint density at radius 1 is 1.25 bits per heavy atom. The first-order valence-electron chi connectivity index (χ1n) is 10.4. The number of imidazole rings is 1. The molecule has 0 aliphatic carbocycles. The molecule has 10 heteroatoms. The highest BCUT2D eigenvalue weighted by Gasteiger charge is 2.17. The van der Waals surface area contributed by atoms with Crippen LogP contribution in [0.25, 0.3) is 11.0 Å². The number of likely N-dealkylation sites (N-methyl/N-ethyl adjacent to an activating group) is 1. The standard InChI is InChI=1S/C22H29N5O4S/c1-4-5-11-27-20-10-9-18(32(23,29)30)13-19(20)25-21(27)14-26(2)15-22(28)24-16-7-6-8-17(12-16)31-3/h6-10,12-13H,4-5,11,14-15H2,1-3H3,(H,24,28)(H2,23,29,30). The highest BCUT2D eigenvalue weighted by atomic mass is 32.2. The number of nitrogens with zero attached hydrogens (tertiary/aromatic N) is 3. The molecule has 0 bridgehead atoms. The number of hydrogen-bond donors (Lipinski definition) is 2. The van der Waals surface area contributed by atoms with E-state index in [-0.39, 0.29) is 17.3 Å². The predicted octanol–water partition coefficient (Wildman–Crippen LogP) is 2.56. The largest absolute Gasteiger partial charge is 0.497 e. The highest BCUT2D eigenvalue weighted by molar-refractivity contribution is 7.89. The van der Waals surface area contributed by atoms with Gasteiger partial charge in [-0.3, -0.25) is 9.69 Å². The zero-order chi connectivity index (χ0) is 23.3. The average Bonchev–Trinajstić information content (AvgIpc) is 3.07. The number of fused-ring (bicyclic) bond motifs is 1. The Bertz CT molecular complexity index is 1210. The maximum atomic E-state index is 12.5. The topological polar surface area (TPSA) is 120 Å². The van der Waals surface area contributed by atoms with Crippen LogP contribution in [-0.2, 0) is 27.9 Å². The van der Waals surface area contributed by atoms with Gasteiger partial charge < -0.3 is 14.6 Å². The lowest BCUT2D eigenvalue weighted by molar-refractivity contribution is -0.117. The second-order valence-electron chi connectivity index (χ2n) is 7.68. The average molecular weight is 460 g/mol. The number of sulfonamides is 1. The van der Waals surface area contributed by atoms with Crippen molar-refractivity contribution in [2.45, 2.75) is 37.8 Å². The Morgan fingerprint density at radius 2 is 2.03 bits per heavy atom. The second-order valence-corrected chi connectivity index (χ2v) is 9.24. The summed E-state index contributed by atoms with van der Waals surface area (Å²) in [6, 6.07) is 11.9. The number of nitrogens with one attached hydrogen (secondary N) is 1. The van der Waals surface area contributed by atoms with Crippen LogP contribution >= 0.6 is 0 Å². The van der Waals surface area contributed by atoms with Gasteiger partial charge in [0.05, 0.1) is 36.1 Å². The van der Waals surface area contributed by atoms with Gasteiger partial charge >= 0.3 is 0 Å². The van der Waals surface area contributed by atoms with E-state index >= 15 is 0 Å². The number of aryl methyl sites for hydroxylation is 1. The lowest BCUT2D eigenvalue weighted by Crippen LogP contribution is -2.30. The number of rotatable bonds is 10. The van der Waals surface area contributed by atoms with E-state index < -0.39 is 10.0 Å². The van der Waals surface area contributed by atoms with Crippen LogP contribution < -0.4 is 15.2 Å². The Morgan fingerprint density at radius 3 is 2.72 bits per heavy atom. The molecule has 0 unspecified atom stereocenters. The van der Waals surface area contributed by atoms with Crippen LogP contribution in [-0.4, -0.2) is 49.5 Å². The van der Waals surface area contributed by atoms with E-state index in [4.69, 9.17) is 9.88 Å². The van der Waals surface area contributed by atoms with E-state index in [1.54, 1.807) is 25.3 Å². The molecule has 0 saturated carbocycles. The van der Waals surface area contributed by atoms with Crippen LogP contribution in [0.1, 0.15) is 25.6 Å². The minimum atomic E-state index is -3.81. The zero-order valence-corrected chi connectivity index (χ0v) is 19.4. The Kier molecular flexibility index (Phi) is 7.49. The Labute approximate surface area is 188 Å². The third kappa shape index (κ3) is 5.84. The molecule has 1 heterocycles. The molecule has 32 heavy (non-hydrogen) atoms. The summed E-state index contributed by atoms with van der Waals surface area (Å²) in [4.78, 5) is 19.0. The molecule has 3 N–H and O–H groups in total. The van der Waals surface area contributed by atoms with E-state index in [1.807, 2.05) is 24.1 Å². The van der Waals surface area contributed by atoms with Crippen molar-refractivity contribution in [1.29, 1.82) is 0 Å². The maximum Gasteiger partial charge on any atom is 0.238 e. The number of unbranched alkanes of at least 4 members (excludes halogenated alkanes) is 1. The van der Waals surface area contributed by atoms with Crippen molar-refractivity contribution in [3.05, 3.63) is 48.3 Å². The molecule has 2 aromatic carbocycles. The number of benzene rings is 2. The maximum absolute atomic E-state index is 12.5. The molecule has 1 aromatic heterocycles. The van der Waals surface area contributed by atoms with Gasteiger partial charge in [0.25, 0.3) is 0 Å². The summed E-state index contributed by atoms with van der Waals surface area (Å²) in [6.45, 7) is 3.44. The summed E-state index contributed by atoms with van der Waals surface area (Å²) in [6.07, 6.45) is 1.96. The fourth-order valence-corrected chi connectivity index (χ4v) is 4.00. The van der Waals surface area contributed by atoms with E-state index in [0.717, 1.165) is 30.7 Å². The fraction of sp³-hybridized carbons (Fsp3) is 0.364. The van der Waals surface area contributed by atoms with Gasteiger partial charge in [-0.2, -0.15) is 0 Å². The van der Waals surface area contributed by atoms with Crippen LogP contribution in [0.5, 0.6) is 5.75 Å². The molecule has 0 aliphatic heterocycles. The summed E-state index contributed by atoms with van der Waals surface area (Å²) >= 11 is 0. The van der Waals surface area contributed by atoms with Crippen molar-refractivity contribution in [3.63, 3.8) is 0 Å². The number of anilines is 1. The number of nitrogens with two attached hydrogens (primary N) is 1. The van der Waals surface area contributed by atoms with Gasteiger partial charge in [0, 0.05) is 18.3 Å². The van der Waals surface area contributed by atoms with E-state index in [0.29, 0.717) is 23.5 Å². The lowest BCUT2D eigenvalue weighted by atomic mass is 10.3. The second kappa shape index (κ2) is 10.1. The van der Waals surface area contributed by atoms with Gasteiger partial charge in [-0.25, -0.2) is 18.5 Å². The van der Waals surface area contributed by atoms with Crippen molar-refractivity contribution in [2.24, 2.45) is 5.14 Å². The molecule has 3 rings (SSSR count). The number of aromatic nitrogens is 2. The van der Waals surface area contributed by atoms with Crippen LogP contribution in [0.4, 0.5) is 5.69 Å². The first-order chi connectivity index (χ1) is 15.2. The molecule has 1 amide bonds. The van der Waals surface area contributed by atoms with Crippen molar-refractivity contribution >= 4 is 32.7 Å². The number of methoxy groups -OCH3 is 1. The molecular weight excluding hydrogens is 430 g/mol. The van der Waals surface area contributed by atoms with Crippen molar-refractivity contribution < 1.29 is 17.9 Å². The van der Waals surface area contributed by atoms with Gasteiger partial charge in [0.2, 0.25) is 15.9 Å². The molecule has 0 aliphatic rings. The molecular formula is C22H29N5O4S. The number of primary sulfonamides is 1. The van der Waals surface area contributed by atoms with Gasteiger partial charge in [0.1, 0.15) is 11.6 Å². The normalized spacial score (nSPS) is 11.8. The number of amides is 1. The highest BCUT2D eigenvalue weighted by Crippen LogP contribution is 2.22. The lowest BCUT2D eigenvalue weighted by Gasteiger charge is -2.17. The van der Waals surface area contributed by atoms with Crippen LogP contribution in [0.2, 0.25) is 0 Å². The van der Waals surface area contributed by atoms with Crippen molar-refractivity contribution in [1.82, 2.24) is 14.5 Å². The van der Waals surface area contributed by atoms with Gasteiger partial charge in [-0.05, 0) is 43.8 Å². The molecule has 0 saturated heterocycles. The molecule has 0 radical (unpaired) electrons. The van der Waals surface area contributed by atoms with E-state index in [1.165, 1.54) is 12.1 Å². The minimum Gasteiger partial charge on any atom is -0.497 e. The van der Waals surface area contributed by atoms with Crippen LogP contribution in [0.3, 0.4) is 0 Å². The van der Waals surface area contributed by atoms with Crippen LogP contribution in [0.15, 0.2) is 47.4 Å². The van der Waals surface area contributed by atoms with Gasteiger partial charge in [0.15, 0.2) is 0 Å². The summed E-state index contributed by atoms with van der Waals surface area (Å²) < 4.78 is 30.7. The first-order valence-corrected chi connectivity index (χ1v) is 11.9. The zero-order valence-electron chi connectivity index (χ0n) is 18.5. The Hall–Kier alpha value is -2.95. The first kappa shape index (κ1) is 23.7. The minimum absolute atomic E-state index is 0.0303. The van der Waals surface area contributed by atoms with E-state index in [2.05, 4.69) is 21.8 Å². The van der Waals surface area contributed by atoms with Gasteiger partial charge in [-0.15, -0.1) is 0 Å². The number of hydrogen-bond acceptors (Lipinski definition) is 6. The smallest absolute Gasteiger partial charge is 0.238 e. The fourth-order valence-electron chi connectivity index (χ4n) is 3.47. The monoisotopic (exact) mass is 459 g/mol. The molecule has 3 aromatic rings. The molecule has 0 fully saturated rings. The summed E-state index contributed by atoms with van der Waals surface area (Å²) in [7, 11) is -0.398. The van der Waals surface area contributed by atoms with Gasteiger partial charge in [-0.1, -0.05) is 19.4 Å². The quantitative estimate of drug-likeness (QED) is 0.481. The third-order valence-electron chi connectivity index (χ3n) is 5.04. The van der Waals surface area contributed by atoms with Crippen LogP contribution in [0, 0.1) is 0 Å². The predicted molar refractivity (Wildman–Crippen MR) is 124 cm³/mol. The SMILES string of the molecule is CCCCn1c(CN(C)CC(=O)Nc2cccc(OC)c2)nc2cc(S(N)(=O)=O)ccc21. The molecule has 9 nitrogen and oxygen atoms in total. The number of ether oxygens (including phenoxy) is 1. The summed E-state index contributed by atoms with van der Waals surface area (Å²) in [5.41, 5.74) is 2.07. The number of carbonyl (C=O) groups excluding carboxylic acids is 1. The summed E-state index contributed by atoms with van der Waals surface area (Å²) in [5.74, 6) is 1.27. The molecule has 0 spiro atoms.